The molecule has 0 saturated carbocycles. The van der Waals surface area contributed by atoms with Crippen molar-refractivity contribution in [3.63, 3.8) is 0 Å². The van der Waals surface area contributed by atoms with Gasteiger partial charge in [-0.2, -0.15) is 8.78 Å². The molecule has 0 heterocycles. The number of rotatable bonds is 4. The molecule has 2 rings (SSSR count). The topological polar surface area (TPSA) is 26.3 Å². The summed E-state index contributed by atoms with van der Waals surface area (Å²) in [6.45, 7) is -2.99. The first-order chi connectivity index (χ1) is 9.47. The lowest BCUT2D eigenvalue weighted by atomic mass is 10.0. The van der Waals surface area contributed by atoms with Crippen molar-refractivity contribution in [1.29, 1.82) is 0 Å². The second-order valence-corrected chi connectivity index (χ2v) is 4.27. The van der Waals surface area contributed by atoms with Crippen LogP contribution >= 0.6 is 11.6 Å². The van der Waals surface area contributed by atoms with Gasteiger partial charge in [0.05, 0.1) is 5.02 Å². The summed E-state index contributed by atoms with van der Waals surface area (Å²) in [6.07, 6.45) is 0. The molecule has 0 radical (unpaired) electrons. The second-order valence-electron chi connectivity index (χ2n) is 3.86. The quantitative estimate of drug-likeness (QED) is 0.786. The Bertz CT molecular complexity index is 644. The summed E-state index contributed by atoms with van der Waals surface area (Å²) in [6, 6.07) is 8.59. The van der Waals surface area contributed by atoms with E-state index in [1.807, 2.05) is 0 Å². The molecule has 0 atom stereocenters. The molecule has 0 aliphatic rings. The fourth-order valence-corrected chi connectivity index (χ4v) is 1.84. The van der Waals surface area contributed by atoms with Crippen LogP contribution in [0.1, 0.15) is 15.9 Å². The van der Waals surface area contributed by atoms with E-state index >= 15 is 0 Å². The molecule has 6 heteroatoms. The number of ether oxygens (including phenoxy) is 1. The summed E-state index contributed by atoms with van der Waals surface area (Å²) in [5.74, 6) is -1.34. The third-order valence-corrected chi connectivity index (χ3v) is 2.82. The Morgan fingerprint density at radius 1 is 1.15 bits per heavy atom. The van der Waals surface area contributed by atoms with Crippen LogP contribution in [0.25, 0.3) is 0 Å². The van der Waals surface area contributed by atoms with E-state index < -0.39 is 18.2 Å². The number of ketones is 1. The predicted octanol–water partition coefficient (Wildman–Crippen LogP) is 4.31. The smallest absolute Gasteiger partial charge is 0.387 e. The van der Waals surface area contributed by atoms with Gasteiger partial charge in [0.1, 0.15) is 11.6 Å². The van der Waals surface area contributed by atoms with Crippen LogP contribution in [-0.4, -0.2) is 12.4 Å². The van der Waals surface area contributed by atoms with Crippen LogP contribution in [0.4, 0.5) is 13.2 Å². The molecule has 0 amide bonds. The van der Waals surface area contributed by atoms with Crippen LogP contribution in [0, 0.1) is 5.82 Å². The minimum atomic E-state index is -2.99. The maximum absolute atomic E-state index is 13.1. The number of hydrogen-bond donors (Lipinski definition) is 0. The van der Waals surface area contributed by atoms with Gasteiger partial charge in [0.2, 0.25) is 0 Å². The van der Waals surface area contributed by atoms with Crippen LogP contribution in [0.3, 0.4) is 0 Å². The lowest BCUT2D eigenvalue weighted by Crippen LogP contribution is -2.05. The first kappa shape index (κ1) is 14.4. The molecule has 104 valence electrons. The van der Waals surface area contributed by atoms with E-state index in [4.69, 9.17) is 11.6 Å². The van der Waals surface area contributed by atoms with E-state index in [1.54, 1.807) is 0 Å². The van der Waals surface area contributed by atoms with Gasteiger partial charge in [0, 0.05) is 11.1 Å². The van der Waals surface area contributed by atoms with E-state index in [-0.39, 0.29) is 21.9 Å². The zero-order valence-electron chi connectivity index (χ0n) is 9.95. The van der Waals surface area contributed by atoms with Crippen molar-refractivity contribution in [3.8, 4) is 5.75 Å². The number of alkyl halides is 2. The van der Waals surface area contributed by atoms with Crippen molar-refractivity contribution in [2.75, 3.05) is 0 Å². The molecule has 0 bridgehead atoms. The first-order valence-corrected chi connectivity index (χ1v) is 5.90. The van der Waals surface area contributed by atoms with E-state index in [2.05, 4.69) is 4.74 Å². The Morgan fingerprint density at radius 2 is 1.90 bits per heavy atom. The summed E-state index contributed by atoms with van der Waals surface area (Å²) in [5, 5.41) is 0.0802. The normalized spacial score (nSPS) is 10.7. The van der Waals surface area contributed by atoms with Gasteiger partial charge in [-0.25, -0.2) is 4.39 Å². The van der Waals surface area contributed by atoms with Gasteiger partial charge < -0.3 is 4.74 Å². The van der Waals surface area contributed by atoms with Crippen molar-refractivity contribution < 1.29 is 22.7 Å². The number of hydrogen-bond acceptors (Lipinski definition) is 2. The van der Waals surface area contributed by atoms with Gasteiger partial charge in [-0.05, 0) is 30.3 Å². The molecule has 0 spiro atoms. The minimum absolute atomic E-state index is 0.0409. The molecule has 0 aromatic heterocycles. The highest BCUT2D eigenvalue weighted by Gasteiger charge is 2.15. The van der Waals surface area contributed by atoms with Gasteiger partial charge in [-0.3, -0.25) is 4.79 Å². The summed E-state index contributed by atoms with van der Waals surface area (Å²) in [5.41, 5.74) is 0.0384. The Morgan fingerprint density at radius 3 is 2.60 bits per heavy atom. The van der Waals surface area contributed by atoms with Crippen molar-refractivity contribution in [1.82, 2.24) is 0 Å². The minimum Gasteiger partial charge on any atom is -0.435 e. The summed E-state index contributed by atoms with van der Waals surface area (Å²) < 4.78 is 41.6. The van der Waals surface area contributed by atoms with Crippen LogP contribution in [-0.2, 0) is 0 Å². The SMILES string of the molecule is O=C(c1cccc(OC(F)F)c1)c1cc(F)ccc1Cl. The largest absolute Gasteiger partial charge is 0.435 e. The lowest BCUT2D eigenvalue weighted by Gasteiger charge is -2.07. The monoisotopic (exact) mass is 300 g/mol. The molecule has 2 aromatic carbocycles. The van der Waals surface area contributed by atoms with Crippen LogP contribution < -0.4 is 4.74 Å². The molecular weight excluding hydrogens is 293 g/mol. The number of halogens is 4. The maximum atomic E-state index is 13.1. The molecule has 0 fully saturated rings. The third-order valence-electron chi connectivity index (χ3n) is 2.49. The molecule has 0 unspecified atom stereocenters. The Labute approximate surface area is 117 Å². The zero-order valence-corrected chi connectivity index (χ0v) is 10.7. The average molecular weight is 301 g/mol. The molecule has 2 nitrogen and oxygen atoms in total. The van der Waals surface area contributed by atoms with Crippen LogP contribution in [0.15, 0.2) is 42.5 Å². The van der Waals surface area contributed by atoms with Crippen molar-refractivity contribution in [3.05, 3.63) is 64.4 Å². The molecule has 0 aliphatic carbocycles. The summed E-state index contributed by atoms with van der Waals surface area (Å²) in [4.78, 5) is 12.2. The van der Waals surface area contributed by atoms with Crippen molar-refractivity contribution in [2.24, 2.45) is 0 Å². The molecular formula is C14H8ClF3O2. The van der Waals surface area contributed by atoms with E-state index in [9.17, 15) is 18.0 Å². The average Bonchev–Trinajstić information content (AvgIpc) is 2.40. The van der Waals surface area contributed by atoms with E-state index in [0.29, 0.717) is 0 Å². The number of carbonyl (C=O) groups excluding carboxylic acids is 1. The van der Waals surface area contributed by atoms with Gasteiger partial charge in [0.15, 0.2) is 5.78 Å². The molecule has 2 aromatic rings. The van der Waals surface area contributed by atoms with Crippen LogP contribution in [0.5, 0.6) is 5.75 Å². The van der Waals surface area contributed by atoms with Gasteiger partial charge >= 0.3 is 6.61 Å². The predicted molar refractivity (Wildman–Crippen MR) is 67.9 cm³/mol. The number of carbonyl (C=O) groups is 1. The van der Waals surface area contributed by atoms with E-state index in [0.717, 1.165) is 18.2 Å². The molecule has 0 aliphatic heterocycles. The highest BCUT2D eigenvalue weighted by Crippen LogP contribution is 2.23. The Hall–Kier alpha value is -2.01. The fourth-order valence-electron chi connectivity index (χ4n) is 1.64. The van der Waals surface area contributed by atoms with Crippen molar-refractivity contribution >= 4 is 17.4 Å². The van der Waals surface area contributed by atoms with Gasteiger partial charge in [-0.1, -0.05) is 23.7 Å². The summed E-state index contributed by atoms with van der Waals surface area (Å²) in [7, 11) is 0. The number of benzene rings is 2. The van der Waals surface area contributed by atoms with Crippen molar-refractivity contribution in [2.45, 2.75) is 6.61 Å². The maximum Gasteiger partial charge on any atom is 0.387 e. The molecule has 20 heavy (non-hydrogen) atoms. The lowest BCUT2D eigenvalue weighted by molar-refractivity contribution is -0.0498. The zero-order chi connectivity index (χ0) is 14.7. The highest BCUT2D eigenvalue weighted by atomic mass is 35.5. The first-order valence-electron chi connectivity index (χ1n) is 5.52. The molecule has 0 saturated heterocycles. The Balaban J connectivity index is 2.35. The van der Waals surface area contributed by atoms with Gasteiger partial charge in [-0.15, -0.1) is 0 Å². The van der Waals surface area contributed by atoms with Crippen LogP contribution in [0.2, 0.25) is 5.02 Å². The second kappa shape index (κ2) is 5.96. The molecule has 0 N–H and O–H groups in total. The highest BCUT2D eigenvalue weighted by molar-refractivity contribution is 6.35. The Kier molecular flexibility index (Phi) is 4.29. The van der Waals surface area contributed by atoms with E-state index in [1.165, 1.54) is 24.3 Å². The van der Waals surface area contributed by atoms with Gasteiger partial charge in [0.25, 0.3) is 0 Å². The summed E-state index contributed by atoms with van der Waals surface area (Å²) >= 11 is 5.83. The standard InChI is InChI=1S/C14H8ClF3O2/c15-12-5-4-9(16)7-11(12)13(19)8-2-1-3-10(6-8)20-14(17)18/h1-7,14H. The third kappa shape index (κ3) is 3.30. The fraction of sp³-hybridized carbons (Fsp3) is 0.0714.